The lowest BCUT2D eigenvalue weighted by atomic mass is 10.1. The molecule has 0 atom stereocenters. The Morgan fingerprint density at radius 2 is 1.68 bits per heavy atom. The van der Waals surface area contributed by atoms with Crippen LogP contribution in [0.3, 0.4) is 0 Å². The Hall–Kier alpha value is -2.90. The number of nitrogens with zero attached hydrogens (tertiary/aromatic N) is 1. The molecule has 7 nitrogen and oxygen atoms in total. The first-order valence-electron chi connectivity index (χ1n) is 9.35. The Bertz CT molecular complexity index is 1200. The molecule has 0 fully saturated rings. The maximum absolute atomic E-state index is 12.6. The SMILES string of the molecule is COc1cc2nc(/C(Cl)=C/c3cc(Cl)c(OC(C)C)c(OC)c3)[nH]c(=O)c2cc1OC. The van der Waals surface area contributed by atoms with E-state index in [1.165, 1.54) is 21.3 Å². The smallest absolute Gasteiger partial charge is 0.259 e. The Morgan fingerprint density at radius 1 is 1.03 bits per heavy atom. The van der Waals surface area contributed by atoms with Gasteiger partial charge < -0.3 is 23.9 Å². The summed E-state index contributed by atoms with van der Waals surface area (Å²) in [6.07, 6.45) is 1.55. The highest BCUT2D eigenvalue weighted by atomic mass is 35.5. The average molecular weight is 465 g/mol. The second-order valence-electron chi connectivity index (χ2n) is 6.83. The molecule has 31 heavy (non-hydrogen) atoms. The van der Waals surface area contributed by atoms with Crippen molar-refractivity contribution in [3.8, 4) is 23.0 Å². The molecule has 9 heteroatoms. The number of H-pyrrole nitrogens is 1. The first-order valence-corrected chi connectivity index (χ1v) is 10.1. The number of benzene rings is 2. The van der Waals surface area contributed by atoms with Crippen LogP contribution in [0.2, 0.25) is 5.02 Å². The van der Waals surface area contributed by atoms with Crippen LogP contribution in [-0.2, 0) is 0 Å². The molecule has 0 saturated carbocycles. The molecule has 1 heterocycles. The second-order valence-corrected chi connectivity index (χ2v) is 7.65. The van der Waals surface area contributed by atoms with Crippen molar-refractivity contribution >= 4 is 45.2 Å². The predicted molar refractivity (Wildman–Crippen MR) is 123 cm³/mol. The number of fused-ring (bicyclic) bond motifs is 1. The molecule has 0 aliphatic rings. The number of halogens is 2. The first-order chi connectivity index (χ1) is 14.8. The average Bonchev–Trinajstić information content (AvgIpc) is 2.74. The summed E-state index contributed by atoms with van der Waals surface area (Å²) in [4.78, 5) is 19.7. The molecule has 164 valence electrons. The number of hydrogen-bond donors (Lipinski definition) is 1. The van der Waals surface area contributed by atoms with Crippen LogP contribution in [0.5, 0.6) is 23.0 Å². The van der Waals surface area contributed by atoms with Crippen LogP contribution >= 0.6 is 23.2 Å². The van der Waals surface area contributed by atoms with Gasteiger partial charge in [-0.2, -0.15) is 0 Å². The maximum Gasteiger partial charge on any atom is 0.259 e. The summed E-state index contributed by atoms with van der Waals surface area (Å²) in [5.74, 6) is 2.00. The number of hydrogen-bond acceptors (Lipinski definition) is 6. The van der Waals surface area contributed by atoms with Gasteiger partial charge in [0, 0.05) is 6.07 Å². The molecule has 0 saturated heterocycles. The van der Waals surface area contributed by atoms with Crippen molar-refractivity contribution in [3.63, 3.8) is 0 Å². The molecular weight excluding hydrogens is 443 g/mol. The van der Waals surface area contributed by atoms with Gasteiger partial charge in [0.2, 0.25) is 0 Å². The van der Waals surface area contributed by atoms with E-state index in [2.05, 4.69) is 9.97 Å². The van der Waals surface area contributed by atoms with Crippen LogP contribution in [-0.4, -0.2) is 37.4 Å². The van der Waals surface area contributed by atoms with E-state index >= 15 is 0 Å². The van der Waals surface area contributed by atoms with Gasteiger partial charge in [0.1, 0.15) is 0 Å². The minimum atomic E-state index is -0.358. The van der Waals surface area contributed by atoms with Gasteiger partial charge in [0.25, 0.3) is 5.56 Å². The van der Waals surface area contributed by atoms with Gasteiger partial charge in [0.05, 0.1) is 48.4 Å². The summed E-state index contributed by atoms with van der Waals surface area (Å²) < 4.78 is 21.7. The number of nitrogens with one attached hydrogen (secondary N) is 1. The largest absolute Gasteiger partial charge is 0.493 e. The highest BCUT2D eigenvalue weighted by molar-refractivity contribution is 6.50. The lowest BCUT2D eigenvalue weighted by Crippen LogP contribution is -2.11. The molecule has 1 aromatic heterocycles. The van der Waals surface area contributed by atoms with Crippen LogP contribution in [0.15, 0.2) is 29.1 Å². The third kappa shape index (κ3) is 4.89. The van der Waals surface area contributed by atoms with Gasteiger partial charge in [0.15, 0.2) is 28.8 Å². The van der Waals surface area contributed by atoms with Crippen molar-refractivity contribution in [1.82, 2.24) is 9.97 Å². The number of aromatic nitrogens is 2. The topological polar surface area (TPSA) is 82.7 Å². The molecule has 0 amide bonds. The van der Waals surface area contributed by atoms with Gasteiger partial charge in [-0.15, -0.1) is 0 Å². The van der Waals surface area contributed by atoms with Crippen molar-refractivity contribution < 1.29 is 18.9 Å². The molecule has 0 spiro atoms. The van der Waals surface area contributed by atoms with E-state index in [1.807, 2.05) is 13.8 Å². The Balaban J connectivity index is 2.07. The fourth-order valence-electron chi connectivity index (χ4n) is 2.97. The van der Waals surface area contributed by atoms with E-state index in [9.17, 15) is 4.79 Å². The molecule has 0 bridgehead atoms. The molecular formula is C22H22Cl2N2O5. The third-order valence-electron chi connectivity index (χ3n) is 4.34. The fraction of sp³-hybridized carbons (Fsp3) is 0.273. The quantitative estimate of drug-likeness (QED) is 0.521. The third-order valence-corrected chi connectivity index (χ3v) is 4.90. The van der Waals surface area contributed by atoms with Crippen LogP contribution < -0.4 is 24.5 Å². The monoisotopic (exact) mass is 464 g/mol. The summed E-state index contributed by atoms with van der Waals surface area (Å²) in [7, 11) is 4.53. The molecule has 0 radical (unpaired) electrons. The van der Waals surface area contributed by atoms with Gasteiger partial charge in [-0.1, -0.05) is 23.2 Å². The van der Waals surface area contributed by atoms with Crippen molar-refractivity contribution in [2.45, 2.75) is 20.0 Å². The molecule has 0 aliphatic carbocycles. The van der Waals surface area contributed by atoms with Crippen LogP contribution in [0.1, 0.15) is 25.2 Å². The zero-order valence-electron chi connectivity index (χ0n) is 17.7. The number of aromatic amines is 1. The maximum atomic E-state index is 12.6. The Labute approximate surface area is 189 Å². The summed E-state index contributed by atoms with van der Waals surface area (Å²) in [5.41, 5.74) is 0.709. The number of ether oxygens (including phenoxy) is 4. The van der Waals surface area contributed by atoms with Crippen LogP contribution in [0, 0.1) is 0 Å². The minimum absolute atomic E-state index is 0.0705. The molecule has 3 aromatic rings. The zero-order chi connectivity index (χ0) is 22.7. The molecule has 0 aliphatic heterocycles. The van der Waals surface area contributed by atoms with Gasteiger partial charge in [-0.25, -0.2) is 4.98 Å². The first kappa shape index (κ1) is 22.8. The second kappa shape index (κ2) is 9.49. The van der Waals surface area contributed by atoms with E-state index in [0.717, 1.165) is 0 Å². The van der Waals surface area contributed by atoms with Gasteiger partial charge in [-0.3, -0.25) is 4.79 Å². The minimum Gasteiger partial charge on any atom is -0.493 e. The normalized spacial score (nSPS) is 11.7. The van der Waals surface area contributed by atoms with Crippen molar-refractivity contribution in [1.29, 1.82) is 0 Å². The van der Waals surface area contributed by atoms with Gasteiger partial charge in [-0.05, 0) is 43.7 Å². The standard InChI is InChI=1S/C22H22Cl2N2O5/c1-11(2)31-20-14(23)6-12(8-19(20)30-5)7-15(24)21-25-16-10-18(29-4)17(28-3)9-13(16)22(27)26-21/h6-11H,1-5H3,(H,25,26,27)/b15-7-. The zero-order valence-corrected chi connectivity index (χ0v) is 19.2. The number of methoxy groups -OCH3 is 3. The summed E-state index contributed by atoms with van der Waals surface area (Å²) >= 11 is 12.9. The van der Waals surface area contributed by atoms with Crippen molar-refractivity contribution in [2.75, 3.05) is 21.3 Å². The van der Waals surface area contributed by atoms with Crippen LogP contribution in [0.25, 0.3) is 22.0 Å². The van der Waals surface area contributed by atoms with Crippen molar-refractivity contribution in [2.24, 2.45) is 0 Å². The van der Waals surface area contributed by atoms with Gasteiger partial charge >= 0.3 is 0 Å². The van der Waals surface area contributed by atoms with E-state index in [0.29, 0.717) is 44.5 Å². The highest BCUT2D eigenvalue weighted by Crippen LogP contribution is 2.38. The highest BCUT2D eigenvalue weighted by Gasteiger charge is 2.15. The molecule has 2 aromatic carbocycles. The Morgan fingerprint density at radius 3 is 2.29 bits per heavy atom. The summed E-state index contributed by atoms with van der Waals surface area (Å²) in [6, 6.07) is 6.62. The molecule has 0 unspecified atom stereocenters. The molecule has 3 rings (SSSR count). The van der Waals surface area contributed by atoms with E-state index in [4.69, 9.17) is 42.1 Å². The lowest BCUT2D eigenvalue weighted by Gasteiger charge is -2.15. The van der Waals surface area contributed by atoms with E-state index in [1.54, 1.807) is 30.3 Å². The fourth-order valence-corrected chi connectivity index (χ4v) is 3.45. The van der Waals surface area contributed by atoms with Crippen molar-refractivity contribution in [3.05, 3.63) is 51.0 Å². The summed E-state index contributed by atoms with van der Waals surface area (Å²) in [5, 5.41) is 0.941. The lowest BCUT2D eigenvalue weighted by molar-refractivity contribution is 0.230. The summed E-state index contributed by atoms with van der Waals surface area (Å²) in [6.45, 7) is 3.79. The van der Waals surface area contributed by atoms with E-state index < -0.39 is 0 Å². The van der Waals surface area contributed by atoms with E-state index in [-0.39, 0.29) is 22.5 Å². The predicted octanol–water partition coefficient (Wildman–Crippen LogP) is 5.13. The number of rotatable bonds is 7. The Kier molecular flexibility index (Phi) is 6.97. The van der Waals surface area contributed by atoms with Crippen LogP contribution in [0.4, 0.5) is 0 Å². The molecule has 1 N–H and O–H groups in total.